The maximum absolute atomic E-state index is 12.9. The molecule has 0 N–H and O–H groups in total. The predicted octanol–water partition coefficient (Wildman–Crippen LogP) is 2.28. The van der Waals surface area contributed by atoms with Gasteiger partial charge in [-0.05, 0) is 31.2 Å². The van der Waals surface area contributed by atoms with Crippen molar-refractivity contribution < 1.29 is 13.2 Å². The summed E-state index contributed by atoms with van der Waals surface area (Å²) in [4.78, 5) is 13.6. The molecule has 0 aliphatic rings. The van der Waals surface area contributed by atoms with Crippen molar-refractivity contribution >= 4 is 21.6 Å². The van der Waals surface area contributed by atoms with Crippen LogP contribution in [0.1, 0.15) is 5.56 Å². The van der Waals surface area contributed by atoms with E-state index in [9.17, 15) is 13.2 Å². The van der Waals surface area contributed by atoms with Crippen LogP contribution in [0.2, 0.25) is 0 Å². The van der Waals surface area contributed by atoms with Crippen molar-refractivity contribution in [1.29, 1.82) is 0 Å². The molecule has 0 spiro atoms. The van der Waals surface area contributed by atoms with E-state index in [1.807, 2.05) is 19.1 Å². The quantitative estimate of drug-likeness (QED) is 0.844. The van der Waals surface area contributed by atoms with Crippen molar-refractivity contribution in [2.24, 2.45) is 0 Å². The second-order valence-electron chi connectivity index (χ2n) is 5.45. The zero-order valence-corrected chi connectivity index (χ0v) is 14.2. The highest BCUT2D eigenvalue weighted by atomic mass is 32.2. The van der Waals surface area contributed by atoms with Gasteiger partial charge in [-0.15, -0.1) is 0 Å². The molecule has 0 aromatic heterocycles. The Balaban J connectivity index is 2.49. The second kappa shape index (κ2) is 6.83. The fourth-order valence-corrected chi connectivity index (χ4v) is 3.45. The van der Waals surface area contributed by atoms with Crippen molar-refractivity contribution in [1.82, 2.24) is 4.90 Å². The topological polar surface area (TPSA) is 57.7 Å². The van der Waals surface area contributed by atoms with Crippen molar-refractivity contribution in [3.63, 3.8) is 0 Å². The van der Waals surface area contributed by atoms with Gasteiger partial charge in [-0.25, -0.2) is 8.42 Å². The molecule has 0 fully saturated rings. The van der Waals surface area contributed by atoms with E-state index in [1.54, 1.807) is 44.4 Å². The summed E-state index contributed by atoms with van der Waals surface area (Å²) >= 11 is 0. The third-order valence-corrected chi connectivity index (χ3v) is 5.22. The van der Waals surface area contributed by atoms with Crippen LogP contribution in [0, 0.1) is 6.92 Å². The molecular weight excluding hydrogens is 312 g/mol. The summed E-state index contributed by atoms with van der Waals surface area (Å²) in [6.07, 6.45) is 0. The van der Waals surface area contributed by atoms with Gasteiger partial charge >= 0.3 is 0 Å². The molecule has 0 unspecified atom stereocenters. The Labute approximate surface area is 137 Å². The van der Waals surface area contributed by atoms with Gasteiger partial charge in [0, 0.05) is 14.1 Å². The lowest BCUT2D eigenvalue weighted by molar-refractivity contribution is -0.127. The first-order chi connectivity index (χ1) is 10.8. The summed E-state index contributed by atoms with van der Waals surface area (Å²) in [5.74, 6) is -0.287. The molecular formula is C17H20N2O3S. The Hall–Kier alpha value is -2.34. The van der Waals surface area contributed by atoms with E-state index < -0.39 is 10.0 Å². The summed E-state index contributed by atoms with van der Waals surface area (Å²) in [5.41, 5.74) is 1.49. The van der Waals surface area contributed by atoms with Crippen LogP contribution < -0.4 is 4.31 Å². The number of carbonyl (C=O) groups excluding carboxylic acids is 1. The number of carbonyl (C=O) groups is 1. The minimum absolute atomic E-state index is 0.159. The van der Waals surface area contributed by atoms with Gasteiger partial charge in [-0.1, -0.05) is 35.9 Å². The number of amides is 1. The highest BCUT2D eigenvalue weighted by Gasteiger charge is 2.27. The molecule has 0 aliphatic heterocycles. The first-order valence-electron chi connectivity index (χ1n) is 7.17. The fourth-order valence-electron chi connectivity index (χ4n) is 2.01. The first-order valence-corrected chi connectivity index (χ1v) is 8.61. The van der Waals surface area contributed by atoms with Gasteiger partial charge in [-0.2, -0.15) is 0 Å². The molecule has 0 heterocycles. The maximum Gasteiger partial charge on any atom is 0.264 e. The van der Waals surface area contributed by atoms with Crippen LogP contribution >= 0.6 is 0 Å². The SMILES string of the molecule is Cc1ccc(N(CC(=O)N(C)C)S(=O)(=O)c2ccccc2)cc1. The van der Waals surface area contributed by atoms with Gasteiger partial charge in [0.15, 0.2) is 0 Å². The number of hydrogen-bond acceptors (Lipinski definition) is 3. The van der Waals surface area contributed by atoms with Gasteiger partial charge in [0.05, 0.1) is 10.6 Å². The summed E-state index contributed by atoms with van der Waals surface area (Å²) in [6.45, 7) is 1.68. The summed E-state index contributed by atoms with van der Waals surface area (Å²) < 4.78 is 27.0. The van der Waals surface area contributed by atoms with Crippen LogP contribution in [0.15, 0.2) is 59.5 Å². The normalized spacial score (nSPS) is 11.1. The third-order valence-electron chi connectivity index (χ3n) is 3.43. The third kappa shape index (κ3) is 3.90. The van der Waals surface area contributed by atoms with Gasteiger partial charge in [0.2, 0.25) is 5.91 Å². The largest absolute Gasteiger partial charge is 0.347 e. The molecule has 0 saturated heterocycles. The fraction of sp³-hybridized carbons (Fsp3) is 0.235. The van der Waals surface area contributed by atoms with E-state index in [-0.39, 0.29) is 17.3 Å². The lowest BCUT2D eigenvalue weighted by Crippen LogP contribution is -2.40. The molecule has 0 aliphatic carbocycles. The molecule has 0 atom stereocenters. The van der Waals surface area contributed by atoms with Crippen LogP contribution in [0.5, 0.6) is 0 Å². The Morgan fingerprint density at radius 2 is 1.52 bits per heavy atom. The van der Waals surface area contributed by atoms with Crippen molar-refractivity contribution in [2.45, 2.75) is 11.8 Å². The lowest BCUT2D eigenvalue weighted by atomic mass is 10.2. The van der Waals surface area contributed by atoms with E-state index in [0.717, 1.165) is 9.87 Å². The number of benzene rings is 2. The average molecular weight is 332 g/mol. The van der Waals surface area contributed by atoms with E-state index >= 15 is 0 Å². The molecule has 0 radical (unpaired) electrons. The molecule has 2 rings (SSSR count). The average Bonchev–Trinajstić information content (AvgIpc) is 2.54. The Morgan fingerprint density at radius 3 is 2.04 bits per heavy atom. The smallest absolute Gasteiger partial charge is 0.264 e. The molecule has 122 valence electrons. The highest BCUT2D eigenvalue weighted by molar-refractivity contribution is 7.92. The van der Waals surface area contributed by atoms with Gasteiger partial charge in [-0.3, -0.25) is 9.10 Å². The molecule has 2 aromatic rings. The van der Waals surface area contributed by atoms with E-state index in [1.165, 1.54) is 17.0 Å². The van der Waals surface area contributed by atoms with Crippen LogP contribution in [0.3, 0.4) is 0 Å². The maximum atomic E-state index is 12.9. The lowest BCUT2D eigenvalue weighted by Gasteiger charge is -2.25. The number of rotatable bonds is 5. The first kappa shape index (κ1) is 17.0. The van der Waals surface area contributed by atoms with Crippen molar-refractivity contribution in [3.05, 3.63) is 60.2 Å². The van der Waals surface area contributed by atoms with E-state index in [0.29, 0.717) is 5.69 Å². The van der Waals surface area contributed by atoms with Crippen LogP contribution in [0.25, 0.3) is 0 Å². The minimum Gasteiger partial charge on any atom is -0.347 e. The van der Waals surface area contributed by atoms with E-state index in [2.05, 4.69) is 0 Å². The van der Waals surface area contributed by atoms with E-state index in [4.69, 9.17) is 0 Å². The number of hydrogen-bond donors (Lipinski definition) is 0. The molecule has 0 saturated carbocycles. The minimum atomic E-state index is -3.81. The molecule has 1 amide bonds. The van der Waals surface area contributed by atoms with Crippen LogP contribution in [-0.4, -0.2) is 39.9 Å². The highest BCUT2D eigenvalue weighted by Crippen LogP contribution is 2.24. The standard InChI is InChI=1S/C17H20N2O3S/c1-14-9-11-15(12-10-14)19(13-17(20)18(2)3)23(21,22)16-7-5-4-6-8-16/h4-12H,13H2,1-3H3. The Bertz CT molecular complexity index is 769. The summed E-state index contributed by atoms with van der Waals surface area (Å²) in [7, 11) is -0.606. The summed E-state index contributed by atoms with van der Waals surface area (Å²) in [5, 5.41) is 0. The number of nitrogens with zero attached hydrogens (tertiary/aromatic N) is 2. The Morgan fingerprint density at radius 1 is 0.957 bits per heavy atom. The Kier molecular flexibility index (Phi) is 5.05. The molecule has 2 aromatic carbocycles. The van der Waals surface area contributed by atoms with Crippen LogP contribution in [0.4, 0.5) is 5.69 Å². The zero-order valence-electron chi connectivity index (χ0n) is 13.4. The molecule has 23 heavy (non-hydrogen) atoms. The zero-order chi connectivity index (χ0) is 17.0. The number of aryl methyl sites for hydroxylation is 1. The number of likely N-dealkylation sites (N-methyl/N-ethyl adjacent to an activating group) is 1. The monoisotopic (exact) mass is 332 g/mol. The molecule has 6 heteroatoms. The number of anilines is 1. The van der Waals surface area contributed by atoms with Gasteiger partial charge in [0.25, 0.3) is 10.0 Å². The molecule has 5 nitrogen and oxygen atoms in total. The van der Waals surface area contributed by atoms with Crippen LogP contribution in [-0.2, 0) is 14.8 Å². The number of sulfonamides is 1. The van der Waals surface area contributed by atoms with Crippen molar-refractivity contribution in [3.8, 4) is 0 Å². The summed E-state index contributed by atoms with van der Waals surface area (Å²) in [6, 6.07) is 15.2. The second-order valence-corrected chi connectivity index (χ2v) is 7.31. The molecule has 0 bridgehead atoms. The predicted molar refractivity (Wildman–Crippen MR) is 90.8 cm³/mol. The van der Waals surface area contributed by atoms with Gasteiger partial charge in [0.1, 0.15) is 6.54 Å². The van der Waals surface area contributed by atoms with Crippen molar-refractivity contribution in [2.75, 3.05) is 24.9 Å². The van der Waals surface area contributed by atoms with Gasteiger partial charge < -0.3 is 4.90 Å².